The van der Waals surface area contributed by atoms with Crippen LogP contribution in [0.3, 0.4) is 0 Å². The quantitative estimate of drug-likeness (QED) is 0.670. The van der Waals surface area contributed by atoms with Crippen LogP contribution in [-0.2, 0) is 6.18 Å². The van der Waals surface area contributed by atoms with Crippen LogP contribution in [0.15, 0.2) is 16.4 Å². The molecule has 0 N–H and O–H groups in total. The first-order valence-electron chi connectivity index (χ1n) is 3.39. The van der Waals surface area contributed by atoms with Gasteiger partial charge in [0.15, 0.2) is 5.69 Å². The molecule has 0 fully saturated rings. The predicted octanol–water partition coefficient (Wildman–Crippen LogP) is 1.17. The molecule has 0 atom stereocenters. The van der Waals surface area contributed by atoms with Crippen LogP contribution in [0, 0.1) is 0 Å². The summed E-state index contributed by atoms with van der Waals surface area (Å²) < 4.78 is 37.3. The Balaban J connectivity index is 2.77. The third kappa shape index (κ3) is 1.37. The normalized spacial score (nSPS) is 12.2. The zero-order chi connectivity index (χ0) is 10.3. The zero-order valence-electron chi connectivity index (χ0n) is 6.45. The summed E-state index contributed by atoms with van der Waals surface area (Å²) in [6.45, 7) is 0. The van der Waals surface area contributed by atoms with E-state index in [4.69, 9.17) is 0 Å². The third-order valence-electron chi connectivity index (χ3n) is 1.48. The molecule has 2 heterocycles. The minimum atomic E-state index is -4.60. The lowest BCUT2D eigenvalue weighted by Gasteiger charge is -2.03. The van der Waals surface area contributed by atoms with Crippen molar-refractivity contribution in [1.29, 1.82) is 0 Å². The molecule has 0 aliphatic rings. The highest BCUT2D eigenvalue weighted by atomic mass is 32.1. The van der Waals surface area contributed by atoms with E-state index in [0.29, 0.717) is 6.07 Å². The fourth-order valence-electron chi connectivity index (χ4n) is 0.901. The van der Waals surface area contributed by atoms with Crippen LogP contribution in [0.25, 0.3) is 4.96 Å². The summed E-state index contributed by atoms with van der Waals surface area (Å²) >= 11 is 0.872. The molecule has 0 saturated heterocycles. The van der Waals surface area contributed by atoms with Gasteiger partial charge in [-0.25, -0.2) is 4.98 Å². The van der Waals surface area contributed by atoms with Gasteiger partial charge in [0.2, 0.25) is 4.96 Å². The minimum absolute atomic E-state index is 0.0650. The lowest BCUT2D eigenvalue weighted by atomic mass is 10.4. The SMILES string of the molecule is O=c1cc(C(F)(F)F)nc2scnn12. The van der Waals surface area contributed by atoms with E-state index >= 15 is 0 Å². The minimum Gasteiger partial charge on any atom is -0.267 e. The summed E-state index contributed by atoms with van der Waals surface area (Å²) in [5, 5.41) is 3.53. The highest BCUT2D eigenvalue weighted by Crippen LogP contribution is 2.26. The van der Waals surface area contributed by atoms with E-state index in [9.17, 15) is 18.0 Å². The molecule has 2 aromatic rings. The Hall–Kier alpha value is -1.44. The molecule has 8 heteroatoms. The molecule has 4 nitrogen and oxygen atoms in total. The Morgan fingerprint density at radius 1 is 1.43 bits per heavy atom. The van der Waals surface area contributed by atoms with Crippen molar-refractivity contribution in [3.8, 4) is 0 Å². The van der Waals surface area contributed by atoms with Crippen LogP contribution < -0.4 is 5.56 Å². The Morgan fingerprint density at radius 3 is 2.79 bits per heavy atom. The summed E-state index contributed by atoms with van der Waals surface area (Å²) in [5.41, 5.74) is -0.764. The first kappa shape index (κ1) is 9.13. The lowest BCUT2D eigenvalue weighted by Crippen LogP contribution is -2.19. The van der Waals surface area contributed by atoms with E-state index in [2.05, 4.69) is 10.1 Å². The van der Waals surface area contributed by atoms with Gasteiger partial charge < -0.3 is 0 Å². The van der Waals surface area contributed by atoms with Crippen molar-refractivity contribution in [2.24, 2.45) is 0 Å². The first-order chi connectivity index (χ1) is 6.48. The number of aromatic nitrogens is 3. The average molecular weight is 221 g/mol. The van der Waals surface area contributed by atoms with Gasteiger partial charge in [0, 0.05) is 6.07 Å². The topological polar surface area (TPSA) is 47.3 Å². The molecular formula is C6H2F3N3OS. The van der Waals surface area contributed by atoms with Gasteiger partial charge in [-0.2, -0.15) is 22.8 Å². The van der Waals surface area contributed by atoms with Crippen molar-refractivity contribution in [2.45, 2.75) is 6.18 Å². The van der Waals surface area contributed by atoms with Crippen LogP contribution in [0.4, 0.5) is 13.2 Å². The molecule has 0 spiro atoms. The molecule has 0 radical (unpaired) electrons. The first-order valence-corrected chi connectivity index (χ1v) is 4.27. The van der Waals surface area contributed by atoms with Gasteiger partial charge in [-0.1, -0.05) is 11.3 Å². The Kier molecular flexibility index (Phi) is 1.81. The van der Waals surface area contributed by atoms with Crippen molar-refractivity contribution in [2.75, 3.05) is 0 Å². The largest absolute Gasteiger partial charge is 0.433 e. The Bertz CT molecular complexity index is 529. The van der Waals surface area contributed by atoms with Crippen LogP contribution >= 0.6 is 11.3 Å². The molecule has 0 unspecified atom stereocenters. The van der Waals surface area contributed by atoms with Crippen LogP contribution in [0.1, 0.15) is 5.69 Å². The van der Waals surface area contributed by atoms with Crippen molar-refractivity contribution in [3.63, 3.8) is 0 Å². The van der Waals surface area contributed by atoms with Crippen molar-refractivity contribution in [3.05, 3.63) is 27.6 Å². The van der Waals surface area contributed by atoms with Crippen molar-refractivity contribution < 1.29 is 13.2 Å². The van der Waals surface area contributed by atoms with Gasteiger partial charge in [-0.05, 0) is 0 Å². The van der Waals surface area contributed by atoms with Crippen LogP contribution in [0.5, 0.6) is 0 Å². The maximum Gasteiger partial charge on any atom is 0.433 e. The van der Waals surface area contributed by atoms with E-state index in [1.54, 1.807) is 0 Å². The van der Waals surface area contributed by atoms with Gasteiger partial charge >= 0.3 is 6.18 Å². The summed E-state index contributed by atoms with van der Waals surface area (Å²) in [5.74, 6) is 0. The predicted molar refractivity (Wildman–Crippen MR) is 42.1 cm³/mol. The van der Waals surface area contributed by atoms with Gasteiger partial charge in [0.1, 0.15) is 5.51 Å². The molecule has 14 heavy (non-hydrogen) atoms. The average Bonchev–Trinajstić information content (AvgIpc) is 2.50. The number of rotatable bonds is 0. The molecule has 0 aliphatic heterocycles. The number of alkyl halides is 3. The molecular weight excluding hydrogens is 219 g/mol. The number of hydrogen-bond acceptors (Lipinski definition) is 4. The molecule has 0 aliphatic carbocycles. The lowest BCUT2D eigenvalue weighted by molar-refractivity contribution is -0.141. The molecule has 0 amide bonds. The monoisotopic (exact) mass is 221 g/mol. The summed E-state index contributed by atoms with van der Waals surface area (Å²) in [6.07, 6.45) is -4.60. The highest BCUT2D eigenvalue weighted by molar-refractivity contribution is 7.14. The van der Waals surface area contributed by atoms with Gasteiger partial charge in [0.25, 0.3) is 5.56 Å². The maximum absolute atomic E-state index is 12.2. The summed E-state index contributed by atoms with van der Waals surface area (Å²) in [4.78, 5) is 14.3. The molecule has 74 valence electrons. The van der Waals surface area contributed by atoms with E-state index < -0.39 is 17.4 Å². The second kappa shape index (κ2) is 2.77. The number of nitrogens with zero attached hydrogens (tertiary/aromatic N) is 3. The third-order valence-corrected chi connectivity index (χ3v) is 2.15. The van der Waals surface area contributed by atoms with Crippen LogP contribution in [-0.4, -0.2) is 14.6 Å². The van der Waals surface area contributed by atoms with E-state index in [1.807, 2.05) is 0 Å². The van der Waals surface area contributed by atoms with E-state index in [-0.39, 0.29) is 4.96 Å². The van der Waals surface area contributed by atoms with Crippen molar-refractivity contribution >= 4 is 16.3 Å². The standard InChI is InChI=1S/C6H2F3N3OS/c7-6(8,9)3-1-4(13)12-5(11-3)14-2-10-12/h1-2H. The van der Waals surface area contributed by atoms with Crippen LogP contribution in [0.2, 0.25) is 0 Å². The fourth-order valence-corrected chi connectivity index (χ4v) is 1.52. The number of fused-ring (bicyclic) bond motifs is 1. The Labute approximate surface area is 78.6 Å². The van der Waals surface area contributed by atoms with E-state index in [0.717, 1.165) is 15.9 Å². The smallest absolute Gasteiger partial charge is 0.267 e. The Morgan fingerprint density at radius 2 is 2.14 bits per heavy atom. The van der Waals surface area contributed by atoms with Crippen molar-refractivity contribution in [1.82, 2.24) is 14.6 Å². The summed E-state index contributed by atoms with van der Waals surface area (Å²) in [6, 6.07) is 0.423. The van der Waals surface area contributed by atoms with Gasteiger partial charge in [0.05, 0.1) is 0 Å². The maximum atomic E-state index is 12.2. The second-order valence-electron chi connectivity index (χ2n) is 2.41. The highest BCUT2D eigenvalue weighted by Gasteiger charge is 2.33. The van der Waals surface area contributed by atoms with Gasteiger partial charge in [-0.3, -0.25) is 4.79 Å². The molecule has 0 bridgehead atoms. The molecule has 0 saturated carbocycles. The summed E-state index contributed by atoms with van der Waals surface area (Å²) in [7, 11) is 0. The number of halogens is 3. The molecule has 0 aromatic carbocycles. The molecule has 2 rings (SSSR count). The zero-order valence-corrected chi connectivity index (χ0v) is 7.26. The van der Waals surface area contributed by atoms with E-state index in [1.165, 1.54) is 5.51 Å². The number of hydrogen-bond donors (Lipinski definition) is 0. The molecule has 2 aromatic heterocycles. The second-order valence-corrected chi connectivity index (χ2v) is 3.22. The fraction of sp³-hybridized carbons (Fsp3) is 0.167. The van der Waals surface area contributed by atoms with Gasteiger partial charge in [-0.15, -0.1) is 0 Å².